The molecule has 5 heteroatoms. The van der Waals surface area contributed by atoms with Crippen molar-refractivity contribution < 1.29 is 4.79 Å². The molecule has 0 aliphatic heterocycles. The van der Waals surface area contributed by atoms with Gasteiger partial charge in [0.1, 0.15) is 0 Å². The minimum absolute atomic E-state index is 0.01000. The van der Waals surface area contributed by atoms with Gasteiger partial charge in [0.15, 0.2) is 0 Å². The molecule has 0 saturated carbocycles. The first-order valence-corrected chi connectivity index (χ1v) is 7.06. The van der Waals surface area contributed by atoms with Crippen LogP contribution < -0.4 is 5.32 Å². The molecule has 1 amide bonds. The Kier molecular flexibility index (Phi) is 3.59. The molecule has 0 radical (unpaired) electrons. The first-order chi connectivity index (χ1) is 8.08. The van der Waals surface area contributed by atoms with Crippen LogP contribution in [0.4, 0.5) is 0 Å². The number of rotatable bonds is 3. The van der Waals surface area contributed by atoms with E-state index < -0.39 is 0 Å². The Morgan fingerprint density at radius 1 is 1.47 bits per heavy atom. The van der Waals surface area contributed by atoms with Gasteiger partial charge in [-0.15, -0.1) is 22.7 Å². The van der Waals surface area contributed by atoms with Crippen LogP contribution in [0.25, 0.3) is 0 Å². The van der Waals surface area contributed by atoms with Gasteiger partial charge in [-0.1, -0.05) is 6.07 Å². The van der Waals surface area contributed by atoms with E-state index in [2.05, 4.69) is 10.3 Å². The van der Waals surface area contributed by atoms with E-state index in [4.69, 9.17) is 0 Å². The van der Waals surface area contributed by atoms with Gasteiger partial charge in [-0.25, -0.2) is 4.98 Å². The molecule has 90 valence electrons. The van der Waals surface area contributed by atoms with Crippen LogP contribution in [0.15, 0.2) is 17.5 Å². The van der Waals surface area contributed by atoms with Crippen molar-refractivity contribution in [3.05, 3.63) is 38.0 Å². The van der Waals surface area contributed by atoms with E-state index >= 15 is 0 Å². The Bertz CT molecular complexity index is 517. The van der Waals surface area contributed by atoms with Crippen molar-refractivity contribution in [2.45, 2.75) is 26.8 Å². The minimum atomic E-state index is -0.0158. The van der Waals surface area contributed by atoms with Crippen molar-refractivity contribution in [2.24, 2.45) is 0 Å². The van der Waals surface area contributed by atoms with Crippen LogP contribution in [0.1, 0.15) is 38.2 Å². The van der Waals surface area contributed by atoms with Gasteiger partial charge < -0.3 is 5.32 Å². The SMILES string of the molecule is Cc1nc(C)c(C(C)NC(=O)c2cccs2)s1. The summed E-state index contributed by atoms with van der Waals surface area (Å²) in [6.07, 6.45) is 0. The van der Waals surface area contributed by atoms with E-state index in [0.717, 1.165) is 20.5 Å². The van der Waals surface area contributed by atoms with Crippen molar-refractivity contribution in [1.82, 2.24) is 10.3 Å². The Labute approximate surface area is 109 Å². The Hall–Kier alpha value is -1.20. The predicted molar refractivity (Wildman–Crippen MR) is 71.8 cm³/mol. The molecule has 1 atom stereocenters. The number of nitrogens with zero attached hydrogens (tertiary/aromatic N) is 1. The zero-order valence-corrected chi connectivity index (χ0v) is 11.6. The zero-order chi connectivity index (χ0) is 12.4. The summed E-state index contributed by atoms with van der Waals surface area (Å²) in [6, 6.07) is 3.72. The number of hydrogen-bond donors (Lipinski definition) is 1. The average molecular weight is 266 g/mol. The third kappa shape index (κ3) is 2.73. The number of thiazole rings is 1. The van der Waals surface area contributed by atoms with Crippen LogP contribution in [0.3, 0.4) is 0 Å². The molecule has 0 spiro atoms. The summed E-state index contributed by atoms with van der Waals surface area (Å²) in [5.41, 5.74) is 1.01. The van der Waals surface area contributed by atoms with Crippen molar-refractivity contribution in [3.8, 4) is 0 Å². The fourth-order valence-corrected chi connectivity index (χ4v) is 3.25. The van der Waals surface area contributed by atoms with E-state index in [1.807, 2.05) is 38.3 Å². The first-order valence-electron chi connectivity index (χ1n) is 5.36. The summed E-state index contributed by atoms with van der Waals surface area (Å²) in [4.78, 5) is 18.1. The van der Waals surface area contributed by atoms with Gasteiger partial charge in [-0.2, -0.15) is 0 Å². The number of amides is 1. The Morgan fingerprint density at radius 2 is 2.24 bits per heavy atom. The largest absolute Gasteiger partial charge is 0.344 e. The fourth-order valence-electron chi connectivity index (χ4n) is 1.69. The average Bonchev–Trinajstić information content (AvgIpc) is 2.87. The smallest absolute Gasteiger partial charge is 0.261 e. The molecular formula is C12H14N2OS2. The quantitative estimate of drug-likeness (QED) is 0.926. The topological polar surface area (TPSA) is 42.0 Å². The van der Waals surface area contributed by atoms with E-state index in [0.29, 0.717) is 0 Å². The highest BCUT2D eigenvalue weighted by atomic mass is 32.1. The lowest BCUT2D eigenvalue weighted by atomic mass is 10.2. The van der Waals surface area contributed by atoms with E-state index in [-0.39, 0.29) is 11.9 Å². The minimum Gasteiger partial charge on any atom is -0.344 e. The number of aryl methyl sites for hydroxylation is 2. The fraction of sp³-hybridized carbons (Fsp3) is 0.333. The van der Waals surface area contributed by atoms with Crippen molar-refractivity contribution in [1.29, 1.82) is 0 Å². The number of carbonyl (C=O) groups is 1. The van der Waals surface area contributed by atoms with E-state index in [1.165, 1.54) is 11.3 Å². The van der Waals surface area contributed by atoms with Crippen LogP contribution in [0, 0.1) is 13.8 Å². The lowest BCUT2D eigenvalue weighted by molar-refractivity contribution is 0.0944. The number of thiophene rings is 1. The van der Waals surface area contributed by atoms with E-state index in [9.17, 15) is 4.79 Å². The zero-order valence-electron chi connectivity index (χ0n) is 9.98. The Balaban J connectivity index is 2.09. The summed E-state index contributed by atoms with van der Waals surface area (Å²) in [5.74, 6) is -0.0158. The summed E-state index contributed by atoms with van der Waals surface area (Å²) in [6.45, 7) is 5.95. The maximum atomic E-state index is 11.9. The third-order valence-electron chi connectivity index (χ3n) is 2.43. The molecule has 0 aromatic carbocycles. The van der Waals surface area contributed by atoms with Crippen molar-refractivity contribution in [2.75, 3.05) is 0 Å². The van der Waals surface area contributed by atoms with E-state index in [1.54, 1.807) is 11.3 Å². The van der Waals surface area contributed by atoms with Gasteiger partial charge in [0.05, 0.1) is 21.6 Å². The highest BCUT2D eigenvalue weighted by Crippen LogP contribution is 2.24. The summed E-state index contributed by atoms with van der Waals surface area (Å²) < 4.78 is 0. The molecule has 17 heavy (non-hydrogen) atoms. The molecular weight excluding hydrogens is 252 g/mol. The molecule has 0 fully saturated rings. The summed E-state index contributed by atoms with van der Waals surface area (Å²) in [5, 5.41) is 5.94. The van der Waals surface area contributed by atoms with Crippen LogP contribution in [0.5, 0.6) is 0 Å². The van der Waals surface area contributed by atoms with Gasteiger partial charge in [-0.05, 0) is 32.2 Å². The van der Waals surface area contributed by atoms with Gasteiger partial charge in [-0.3, -0.25) is 4.79 Å². The molecule has 0 saturated heterocycles. The number of carbonyl (C=O) groups excluding carboxylic acids is 1. The van der Waals surface area contributed by atoms with Crippen LogP contribution >= 0.6 is 22.7 Å². The second-order valence-electron chi connectivity index (χ2n) is 3.85. The lowest BCUT2D eigenvalue weighted by Crippen LogP contribution is -2.25. The second-order valence-corrected chi connectivity index (χ2v) is 6.04. The first kappa shape index (κ1) is 12.3. The monoisotopic (exact) mass is 266 g/mol. The lowest BCUT2D eigenvalue weighted by Gasteiger charge is -2.11. The molecule has 0 aliphatic rings. The van der Waals surface area contributed by atoms with Crippen LogP contribution in [-0.2, 0) is 0 Å². The van der Waals surface area contributed by atoms with Gasteiger partial charge in [0.2, 0.25) is 0 Å². The molecule has 2 heterocycles. The summed E-state index contributed by atoms with van der Waals surface area (Å²) >= 11 is 3.09. The molecule has 1 unspecified atom stereocenters. The molecule has 2 rings (SSSR count). The van der Waals surface area contributed by atoms with Gasteiger partial charge in [0.25, 0.3) is 5.91 Å². The van der Waals surface area contributed by atoms with Crippen molar-refractivity contribution in [3.63, 3.8) is 0 Å². The highest BCUT2D eigenvalue weighted by molar-refractivity contribution is 7.12. The Morgan fingerprint density at radius 3 is 2.76 bits per heavy atom. The summed E-state index contributed by atoms with van der Waals surface area (Å²) in [7, 11) is 0. The number of aromatic nitrogens is 1. The normalized spacial score (nSPS) is 12.4. The van der Waals surface area contributed by atoms with Gasteiger partial charge >= 0.3 is 0 Å². The van der Waals surface area contributed by atoms with Gasteiger partial charge in [0, 0.05) is 4.88 Å². The predicted octanol–water partition coefficient (Wildman–Crippen LogP) is 3.31. The molecule has 2 aromatic rings. The maximum absolute atomic E-state index is 11.9. The maximum Gasteiger partial charge on any atom is 0.261 e. The molecule has 0 bridgehead atoms. The molecule has 2 aromatic heterocycles. The van der Waals surface area contributed by atoms with Crippen LogP contribution in [-0.4, -0.2) is 10.9 Å². The third-order valence-corrected chi connectivity index (χ3v) is 4.55. The number of nitrogens with one attached hydrogen (secondary N) is 1. The molecule has 3 nitrogen and oxygen atoms in total. The van der Waals surface area contributed by atoms with Crippen molar-refractivity contribution >= 4 is 28.6 Å². The standard InChI is InChI=1S/C12H14N2OS2/c1-7-11(17-9(3)13-7)8(2)14-12(15)10-5-4-6-16-10/h4-6,8H,1-3H3,(H,14,15). The number of hydrogen-bond acceptors (Lipinski definition) is 4. The molecule has 0 aliphatic carbocycles. The van der Waals surface area contributed by atoms with Crippen LogP contribution in [0.2, 0.25) is 0 Å². The highest BCUT2D eigenvalue weighted by Gasteiger charge is 2.16. The second kappa shape index (κ2) is 4.98. The molecule has 1 N–H and O–H groups in total.